The van der Waals surface area contributed by atoms with Gasteiger partial charge in [-0.05, 0) is 25.5 Å². The summed E-state index contributed by atoms with van der Waals surface area (Å²) < 4.78 is 0. The summed E-state index contributed by atoms with van der Waals surface area (Å²) in [5.74, 6) is 6.20. The van der Waals surface area contributed by atoms with Crippen molar-refractivity contribution in [3.8, 4) is 0 Å². The van der Waals surface area contributed by atoms with Gasteiger partial charge in [0.05, 0.1) is 5.52 Å². The van der Waals surface area contributed by atoms with Crippen LogP contribution in [0.3, 0.4) is 0 Å². The first-order chi connectivity index (χ1) is 10.2. The summed E-state index contributed by atoms with van der Waals surface area (Å²) in [6.07, 6.45) is 0.899. The number of amides is 1. The minimum Gasteiger partial charge on any atom is -0.358 e. The largest absolute Gasteiger partial charge is 0.358 e. The van der Waals surface area contributed by atoms with E-state index in [0.29, 0.717) is 18.3 Å². The molecule has 2 rings (SSSR count). The Bertz CT molecular complexity index is 630. The highest BCUT2D eigenvalue weighted by Crippen LogP contribution is 2.22. The molecule has 0 spiro atoms. The van der Waals surface area contributed by atoms with Crippen molar-refractivity contribution in [2.75, 3.05) is 17.3 Å². The summed E-state index contributed by atoms with van der Waals surface area (Å²) in [4.78, 5) is 20.5. The van der Waals surface area contributed by atoms with Gasteiger partial charge in [0.2, 0.25) is 11.9 Å². The maximum atomic E-state index is 11.9. The van der Waals surface area contributed by atoms with E-state index in [2.05, 4.69) is 26.0 Å². The lowest BCUT2D eigenvalue weighted by atomic mass is 10.2. The highest BCUT2D eigenvalue weighted by atomic mass is 16.2. The number of nitrogens with two attached hydrogens (primary N) is 1. The van der Waals surface area contributed by atoms with Crippen molar-refractivity contribution in [2.24, 2.45) is 5.84 Å². The van der Waals surface area contributed by atoms with E-state index in [1.165, 1.54) is 0 Å². The zero-order chi connectivity index (χ0) is 15.2. The number of aromatic nitrogens is 2. The molecule has 0 aliphatic rings. The van der Waals surface area contributed by atoms with E-state index in [-0.39, 0.29) is 5.91 Å². The highest BCUT2D eigenvalue weighted by Gasteiger charge is 2.15. The molecule has 0 radical (unpaired) electrons. The van der Waals surface area contributed by atoms with Crippen LogP contribution in [0.5, 0.6) is 0 Å². The quantitative estimate of drug-likeness (QED) is 0.471. The van der Waals surface area contributed by atoms with Crippen LogP contribution in [-0.2, 0) is 4.79 Å². The van der Waals surface area contributed by atoms with Gasteiger partial charge in [-0.1, -0.05) is 19.1 Å². The number of benzene rings is 1. The summed E-state index contributed by atoms with van der Waals surface area (Å²) in [5, 5.41) is 6.79. The lowest BCUT2D eigenvalue weighted by molar-refractivity contribution is -0.121. The molecular formula is C14H20N6O. The normalized spacial score (nSPS) is 12.0. The minimum atomic E-state index is -0.402. The third-order valence-electron chi connectivity index (χ3n) is 3.03. The Morgan fingerprint density at radius 2 is 2.10 bits per heavy atom. The summed E-state index contributed by atoms with van der Waals surface area (Å²) in [6.45, 7) is 4.46. The third kappa shape index (κ3) is 3.57. The number of fused-ring (bicyclic) bond motifs is 1. The van der Waals surface area contributed by atoms with E-state index in [0.717, 1.165) is 17.3 Å². The molecule has 7 heteroatoms. The second-order valence-electron chi connectivity index (χ2n) is 4.71. The Kier molecular flexibility index (Phi) is 4.89. The van der Waals surface area contributed by atoms with Gasteiger partial charge in [0.25, 0.3) is 0 Å². The zero-order valence-electron chi connectivity index (χ0n) is 12.2. The molecule has 0 saturated carbocycles. The van der Waals surface area contributed by atoms with Gasteiger partial charge < -0.3 is 10.6 Å². The van der Waals surface area contributed by atoms with Gasteiger partial charge in [-0.15, -0.1) is 0 Å². The van der Waals surface area contributed by atoms with Crippen LogP contribution in [0.2, 0.25) is 0 Å². The first-order valence-corrected chi connectivity index (χ1v) is 6.93. The van der Waals surface area contributed by atoms with E-state index in [4.69, 9.17) is 5.84 Å². The predicted molar refractivity (Wildman–Crippen MR) is 83.7 cm³/mol. The van der Waals surface area contributed by atoms with E-state index in [1.807, 2.05) is 31.2 Å². The Morgan fingerprint density at radius 3 is 2.81 bits per heavy atom. The fourth-order valence-electron chi connectivity index (χ4n) is 1.92. The lowest BCUT2D eigenvalue weighted by Gasteiger charge is -2.16. The number of para-hydroxylation sites is 1. The van der Waals surface area contributed by atoms with Crippen LogP contribution < -0.4 is 21.9 Å². The van der Waals surface area contributed by atoms with Crippen molar-refractivity contribution >= 4 is 28.6 Å². The van der Waals surface area contributed by atoms with Crippen LogP contribution in [0.1, 0.15) is 20.3 Å². The van der Waals surface area contributed by atoms with E-state index >= 15 is 0 Å². The molecule has 112 valence electrons. The first-order valence-electron chi connectivity index (χ1n) is 6.93. The lowest BCUT2D eigenvalue weighted by Crippen LogP contribution is -2.38. The molecule has 1 aromatic carbocycles. The molecule has 1 aromatic heterocycles. The molecule has 7 nitrogen and oxygen atoms in total. The number of carbonyl (C=O) groups excluding carboxylic acids is 1. The molecule has 21 heavy (non-hydrogen) atoms. The average molecular weight is 288 g/mol. The van der Waals surface area contributed by atoms with Crippen LogP contribution in [0.25, 0.3) is 10.9 Å². The van der Waals surface area contributed by atoms with Gasteiger partial charge in [-0.25, -0.2) is 10.8 Å². The number of rotatable bonds is 6. The van der Waals surface area contributed by atoms with Crippen LogP contribution in [-0.4, -0.2) is 28.5 Å². The Balaban J connectivity index is 2.26. The second-order valence-corrected chi connectivity index (χ2v) is 4.71. The molecule has 2 aromatic rings. The van der Waals surface area contributed by atoms with Gasteiger partial charge >= 0.3 is 0 Å². The molecule has 1 heterocycles. The average Bonchev–Trinajstić information content (AvgIpc) is 2.52. The molecule has 1 amide bonds. The summed E-state index contributed by atoms with van der Waals surface area (Å²) in [5.41, 5.74) is 3.19. The molecule has 0 bridgehead atoms. The van der Waals surface area contributed by atoms with Crippen molar-refractivity contribution in [2.45, 2.75) is 26.3 Å². The highest BCUT2D eigenvalue weighted by molar-refractivity contribution is 5.92. The fraction of sp³-hybridized carbons (Fsp3) is 0.357. The van der Waals surface area contributed by atoms with Gasteiger partial charge in [0.1, 0.15) is 11.9 Å². The number of nitrogens with zero attached hydrogens (tertiary/aromatic N) is 2. The SMILES string of the molecule is CCCNC(=O)C(C)Nc1nc(NN)nc2ccccc12. The molecular weight excluding hydrogens is 268 g/mol. The standard InChI is InChI=1S/C14H20N6O/c1-3-8-16-13(21)9(2)17-12-10-6-4-5-7-11(10)18-14(19-12)20-15/h4-7,9H,3,8,15H2,1-2H3,(H,16,21)(H2,17,18,19,20). The molecule has 0 aliphatic carbocycles. The number of carbonyl (C=O) groups is 1. The number of nitrogens with one attached hydrogen (secondary N) is 3. The summed E-state index contributed by atoms with van der Waals surface area (Å²) >= 11 is 0. The molecule has 5 N–H and O–H groups in total. The predicted octanol–water partition coefficient (Wildman–Crippen LogP) is 1.24. The molecule has 0 fully saturated rings. The topological polar surface area (TPSA) is 105 Å². The smallest absolute Gasteiger partial charge is 0.242 e. The molecule has 1 unspecified atom stereocenters. The van der Waals surface area contributed by atoms with Gasteiger partial charge in [-0.3, -0.25) is 10.2 Å². The maximum absolute atomic E-state index is 11.9. The maximum Gasteiger partial charge on any atom is 0.242 e. The van der Waals surface area contributed by atoms with E-state index in [9.17, 15) is 4.79 Å². The van der Waals surface area contributed by atoms with Crippen LogP contribution in [0.15, 0.2) is 24.3 Å². The number of hydrogen-bond donors (Lipinski definition) is 4. The molecule has 0 saturated heterocycles. The van der Waals surface area contributed by atoms with E-state index in [1.54, 1.807) is 6.92 Å². The monoisotopic (exact) mass is 288 g/mol. The third-order valence-corrected chi connectivity index (χ3v) is 3.03. The van der Waals surface area contributed by atoms with Crippen molar-refractivity contribution in [1.82, 2.24) is 15.3 Å². The Labute approximate surface area is 123 Å². The number of anilines is 2. The second kappa shape index (κ2) is 6.85. The molecule has 1 atom stereocenters. The van der Waals surface area contributed by atoms with Crippen molar-refractivity contribution in [3.05, 3.63) is 24.3 Å². The Hall–Kier alpha value is -2.41. The first kappa shape index (κ1) is 15.0. The van der Waals surface area contributed by atoms with Crippen molar-refractivity contribution in [3.63, 3.8) is 0 Å². The van der Waals surface area contributed by atoms with Crippen LogP contribution in [0.4, 0.5) is 11.8 Å². The van der Waals surface area contributed by atoms with Crippen LogP contribution in [0, 0.1) is 0 Å². The number of nitrogen functional groups attached to an aromatic ring is 1. The summed E-state index contributed by atoms with van der Waals surface area (Å²) in [6, 6.07) is 7.14. The van der Waals surface area contributed by atoms with Crippen LogP contribution >= 0.6 is 0 Å². The fourth-order valence-corrected chi connectivity index (χ4v) is 1.92. The van der Waals surface area contributed by atoms with Gasteiger partial charge in [0.15, 0.2) is 0 Å². The van der Waals surface area contributed by atoms with Crippen molar-refractivity contribution < 1.29 is 4.79 Å². The zero-order valence-corrected chi connectivity index (χ0v) is 12.2. The van der Waals surface area contributed by atoms with Gasteiger partial charge in [-0.2, -0.15) is 4.98 Å². The number of hydrazine groups is 1. The minimum absolute atomic E-state index is 0.0678. The molecule has 0 aliphatic heterocycles. The van der Waals surface area contributed by atoms with Gasteiger partial charge in [0, 0.05) is 11.9 Å². The van der Waals surface area contributed by atoms with E-state index < -0.39 is 6.04 Å². The van der Waals surface area contributed by atoms with Crippen molar-refractivity contribution in [1.29, 1.82) is 0 Å². The number of hydrogen-bond acceptors (Lipinski definition) is 6. The summed E-state index contributed by atoms with van der Waals surface area (Å²) in [7, 11) is 0. The Morgan fingerprint density at radius 1 is 1.33 bits per heavy atom.